The van der Waals surface area contributed by atoms with Crippen LogP contribution < -0.4 is 10.6 Å². The first-order valence-electron chi connectivity index (χ1n) is 4.99. The van der Waals surface area contributed by atoms with E-state index < -0.39 is 23.6 Å². The molecule has 0 aromatic rings. The highest BCUT2D eigenvalue weighted by molar-refractivity contribution is 5.83. The molecule has 1 fully saturated rings. The summed E-state index contributed by atoms with van der Waals surface area (Å²) in [5.74, 6) is -1.80. The van der Waals surface area contributed by atoms with Crippen molar-refractivity contribution < 1.29 is 24.5 Å². The smallest absolute Gasteiger partial charge is 0.337 e. The molecule has 7 nitrogen and oxygen atoms in total. The van der Waals surface area contributed by atoms with Crippen LogP contribution in [0.5, 0.6) is 0 Å². The number of hydrogen-bond donors (Lipinski definition) is 4. The van der Waals surface area contributed by atoms with E-state index in [0.29, 0.717) is 19.7 Å². The number of carboxylic acid groups (broad SMARTS) is 1. The summed E-state index contributed by atoms with van der Waals surface area (Å²) < 4.78 is 5.16. The predicted molar refractivity (Wildman–Crippen MR) is 53.9 cm³/mol. The number of rotatable bonds is 4. The summed E-state index contributed by atoms with van der Waals surface area (Å²) in [6.45, 7) is 2.29. The van der Waals surface area contributed by atoms with Gasteiger partial charge in [-0.1, -0.05) is 0 Å². The zero-order valence-electron chi connectivity index (χ0n) is 9.02. The molecular weight excluding hydrogens is 216 g/mol. The van der Waals surface area contributed by atoms with Gasteiger partial charge in [-0.15, -0.1) is 0 Å². The molecule has 2 atom stereocenters. The first-order valence-corrected chi connectivity index (χ1v) is 4.99. The maximum Gasteiger partial charge on any atom is 0.337 e. The van der Waals surface area contributed by atoms with Gasteiger partial charge in [0.2, 0.25) is 0 Å². The molecule has 1 heterocycles. The molecule has 1 aliphatic rings. The fourth-order valence-electron chi connectivity index (χ4n) is 1.18. The number of hydrogen-bond acceptors (Lipinski definition) is 5. The monoisotopic (exact) mass is 232 g/mol. The Morgan fingerprint density at radius 2 is 2.31 bits per heavy atom. The summed E-state index contributed by atoms with van der Waals surface area (Å²) in [5, 5.41) is 23.3. The van der Waals surface area contributed by atoms with Crippen LogP contribution >= 0.6 is 0 Å². The second kappa shape index (κ2) is 5.24. The lowest BCUT2D eigenvalue weighted by molar-refractivity contribution is -0.156. The van der Waals surface area contributed by atoms with E-state index in [0.717, 1.165) is 6.92 Å². The van der Waals surface area contributed by atoms with Gasteiger partial charge in [-0.25, -0.2) is 4.79 Å². The third kappa shape index (κ3) is 3.44. The molecule has 0 saturated carbocycles. The number of morpholine rings is 1. The van der Waals surface area contributed by atoms with E-state index in [9.17, 15) is 14.7 Å². The van der Waals surface area contributed by atoms with E-state index in [1.54, 1.807) is 0 Å². The Morgan fingerprint density at radius 3 is 2.81 bits per heavy atom. The summed E-state index contributed by atoms with van der Waals surface area (Å²) in [6, 6.07) is 0. The van der Waals surface area contributed by atoms with Crippen molar-refractivity contribution in [2.75, 3.05) is 26.2 Å². The first-order chi connectivity index (χ1) is 7.43. The summed E-state index contributed by atoms with van der Waals surface area (Å²) in [4.78, 5) is 22.1. The molecule has 92 valence electrons. The molecule has 0 radical (unpaired) electrons. The number of aliphatic hydroxyl groups is 1. The number of carboxylic acids is 1. The van der Waals surface area contributed by atoms with Crippen molar-refractivity contribution in [3.05, 3.63) is 0 Å². The SMILES string of the molecule is CC(O)(CNC(=O)C1CNCCO1)C(=O)O. The molecule has 1 aliphatic heterocycles. The summed E-state index contributed by atoms with van der Waals surface area (Å²) in [5.41, 5.74) is -1.96. The molecular formula is C9H16N2O5. The second-order valence-corrected chi connectivity index (χ2v) is 3.86. The topological polar surface area (TPSA) is 108 Å². The highest BCUT2D eigenvalue weighted by Gasteiger charge is 2.31. The van der Waals surface area contributed by atoms with E-state index in [2.05, 4.69) is 10.6 Å². The minimum absolute atomic E-state index is 0.346. The lowest BCUT2D eigenvalue weighted by Crippen LogP contribution is -2.52. The second-order valence-electron chi connectivity index (χ2n) is 3.86. The van der Waals surface area contributed by atoms with Gasteiger partial charge in [0, 0.05) is 13.1 Å². The molecule has 4 N–H and O–H groups in total. The van der Waals surface area contributed by atoms with Gasteiger partial charge >= 0.3 is 5.97 Å². The molecule has 16 heavy (non-hydrogen) atoms. The Morgan fingerprint density at radius 1 is 1.62 bits per heavy atom. The van der Waals surface area contributed by atoms with Crippen molar-refractivity contribution in [1.82, 2.24) is 10.6 Å². The Hall–Kier alpha value is -1.18. The van der Waals surface area contributed by atoms with Crippen LogP contribution in [0.1, 0.15) is 6.92 Å². The molecule has 1 saturated heterocycles. The number of amides is 1. The third-order valence-corrected chi connectivity index (χ3v) is 2.29. The number of ether oxygens (including phenoxy) is 1. The number of nitrogens with one attached hydrogen (secondary N) is 2. The van der Waals surface area contributed by atoms with E-state index in [1.165, 1.54) is 0 Å². The lowest BCUT2D eigenvalue weighted by Gasteiger charge is -2.24. The average Bonchev–Trinajstić information content (AvgIpc) is 2.27. The Balaban J connectivity index is 2.37. The van der Waals surface area contributed by atoms with Gasteiger partial charge in [0.1, 0.15) is 6.10 Å². The van der Waals surface area contributed by atoms with Gasteiger partial charge < -0.3 is 25.6 Å². The van der Waals surface area contributed by atoms with Crippen LogP contribution in [0.15, 0.2) is 0 Å². The van der Waals surface area contributed by atoms with Crippen LogP contribution in [0.25, 0.3) is 0 Å². The summed E-state index contributed by atoms with van der Waals surface area (Å²) >= 11 is 0. The van der Waals surface area contributed by atoms with Crippen LogP contribution in [0.2, 0.25) is 0 Å². The number of aliphatic carboxylic acids is 1. The van der Waals surface area contributed by atoms with Gasteiger partial charge in [-0.3, -0.25) is 4.79 Å². The normalized spacial score (nSPS) is 24.5. The molecule has 0 aliphatic carbocycles. The van der Waals surface area contributed by atoms with Crippen molar-refractivity contribution in [3.8, 4) is 0 Å². The Bertz CT molecular complexity index is 273. The first kappa shape index (κ1) is 12.9. The molecule has 7 heteroatoms. The molecule has 0 spiro atoms. The van der Waals surface area contributed by atoms with Gasteiger partial charge in [-0.2, -0.15) is 0 Å². The van der Waals surface area contributed by atoms with Crippen LogP contribution in [0.4, 0.5) is 0 Å². The van der Waals surface area contributed by atoms with Gasteiger partial charge in [0.25, 0.3) is 5.91 Å². The highest BCUT2D eigenvalue weighted by Crippen LogP contribution is 2.02. The third-order valence-electron chi connectivity index (χ3n) is 2.29. The molecule has 1 amide bonds. The standard InChI is InChI=1S/C9H16N2O5/c1-9(15,8(13)14)5-11-7(12)6-4-10-2-3-16-6/h6,10,15H,2-5H2,1H3,(H,11,12)(H,13,14). The van der Waals surface area contributed by atoms with Crippen molar-refractivity contribution in [1.29, 1.82) is 0 Å². The van der Waals surface area contributed by atoms with Crippen LogP contribution in [-0.2, 0) is 14.3 Å². The minimum Gasteiger partial charge on any atom is -0.479 e. The molecule has 1 rings (SSSR count). The van der Waals surface area contributed by atoms with Crippen LogP contribution in [0, 0.1) is 0 Å². The zero-order valence-corrected chi connectivity index (χ0v) is 9.02. The maximum absolute atomic E-state index is 11.5. The average molecular weight is 232 g/mol. The summed E-state index contributed by atoms with van der Waals surface area (Å²) in [6.07, 6.45) is -0.627. The van der Waals surface area contributed by atoms with Crippen molar-refractivity contribution in [2.24, 2.45) is 0 Å². The van der Waals surface area contributed by atoms with Gasteiger partial charge in [0.15, 0.2) is 5.60 Å². The van der Waals surface area contributed by atoms with Crippen LogP contribution in [0.3, 0.4) is 0 Å². The minimum atomic E-state index is -1.96. The quantitative estimate of drug-likeness (QED) is 0.443. The Labute approximate surface area is 92.8 Å². The fraction of sp³-hybridized carbons (Fsp3) is 0.778. The molecule has 0 aromatic heterocycles. The van der Waals surface area contributed by atoms with Crippen LogP contribution in [-0.4, -0.2) is 60.0 Å². The van der Waals surface area contributed by atoms with E-state index in [4.69, 9.17) is 9.84 Å². The van der Waals surface area contributed by atoms with E-state index in [-0.39, 0.29) is 6.54 Å². The van der Waals surface area contributed by atoms with Gasteiger partial charge in [-0.05, 0) is 6.92 Å². The maximum atomic E-state index is 11.5. The summed E-state index contributed by atoms with van der Waals surface area (Å²) in [7, 11) is 0. The highest BCUT2D eigenvalue weighted by atomic mass is 16.5. The van der Waals surface area contributed by atoms with Crippen molar-refractivity contribution >= 4 is 11.9 Å². The zero-order chi connectivity index (χ0) is 12.2. The lowest BCUT2D eigenvalue weighted by atomic mass is 10.1. The fourth-order valence-corrected chi connectivity index (χ4v) is 1.18. The molecule has 0 aromatic carbocycles. The molecule has 0 bridgehead atoms. The predicted octanol–water partition coefficient (Wildman–Crippen LogP) is -2.07. The van der Waals surface area contributed by atoms with E-state index in [1.807, 2.05) is 0 Å². The van der Waals surface area contributed by atoms with Crippen molar-refractivity contribution in [3.63, 3.8) is 0 Å². The van der Waals surface area contributed by atoms with E-state index >= 15 is 0 Å². The number of carbonyl (C=O) groups excluding carboxylic acids is 1. The molecule has 2 unspecified atom stereocenters. The largest absolute Gasteiger partial charge is 0.479 e. The number of carbonyl (C=O) groups is 2. The van der Waals surface area contributed by atoms with Crippen molar-refractivity contribution in [2.45, 2.75) is 18.6 Å². The van der Waals surface area contributed by atoms with Gasteiger partial charge in [0.05, 0.1) is 13.2 Å². The Kier molecular flexibility index (Phi) is 4.22.